The van der Waals surface area contributed by atoms with E-state index < -0.39 is 0 Å². The van der Waals surface area contributed by atoms with Gasteiger partial charge in [-0.15, -0.1) is 0 Å². The molecule has 25 heavy (non-hydrogen) atoms. The SMILES string of the molecule is CCOc1ccc(OCC(=O)N(Cc2ccccc2)C(C)CC)cc1. The van der Waals surface area contributed by atoms with E-state index in [0.29, 0.717) is 18.9 Å². The molecular formula is C21H27NO3. The van der Waals surface area contributed by atoms with Crippen molar-refractivity contribution in [2.24, 2.45) is 0 Å². The van der Waals surface area contributed by atoms with Crippen LogP contribution < -0.4 is 9.47 Å². The van der Waals surface area contributed by atoms with Crippen LogP contribution in [-0.4, -0.2) is 30.1 Å². The lowest BCUT2D eigenvalue weighted by atomic mass is 10.1. The van der Waals surface area contributed by atoms with Crippen LogP contribution in [0.4, 0.5) is 0 Å². The summed E-state index contributed by atoms with van der Waals surface area (Å²) in [6.07, 6.45) is 0.904. The number of hydrogen-bond acceptors (Lipinski definition) is 3. The highest BCUT2D eigenvalue weighted by Crippen LogP contribution is 2.18. The third kappa shape index (κ3) is 5.82. The van der Waals surface area contributed by atoms with Gasteiger partial charge in [0.15, 0.2) is 6.61 Å². The summed E-state index contributed by atoms with van der Waals surface area (Å²) < 4.78 is 11.1. The number of ether oxygens (including phenoxy) is 2. The maximum absolute atomic E-state index is 12.7. The van der Waals surface area contributed by atoms with Gasteiger partial charge in [0, 0.05) is 12.6 Å². The smallest absolute Gasteiger partial charge is 0.261 e. The first-order chi connectivity index (χ1) is 12.1. The summed E-state index contributed by atoms with van der Waals surface area (Å²) in [6, 6.07) is 17.5. The van der Waals surface area contributed by atoms with Crippen molar-refractivity contribution in [1.29, 1.82) is 0 Å². The summed E-state index contributed by atoms with van der Waals surface area (Å²) in [5.41, 5.74) is 1.12. The normalized spacial score (nSPS) is 11.6. The zero-order valence-electron chi connectivity index (χ0n) is 15.3. The molecule has 0 aliphatic carbocycles. The molecule has 1 atom stereocenters. The van der Waals surface area contributed by atoms with Gasteiger partial charge in [-0.05, 0) is 50.1 Å². The van der Waals surface area contributed by atoms with E-state index in [1.54, 1.807) is 0 Å². The fourth-order valence-corrected chi connectivity index (χ4v) is 2.52. The highest BCUT2D eigenvalue weighted by Gasteiger charge is 2.19. The summed E-state index contributed by atoms with van der Waals surface area (Å²) >= 11 is 0. The number of amides is 1. The second-order valence-corrected chi connectivity index (χ2v) is 5.96. The summed E-state index contributed by atoms with van der Waals surface area (Å²) in [6.45, 7) is 7.36. The molecule has 0 fully saturated rings. The predicted molar refractivity (Wildman–Crippen MR) is 99.9 cm³/mol. The number of carbonyl (C=O) groups excluding carboxylic acids is 1. The van der Waals surface area contributed by atoms with Crippen LogP contribution >= 0.6 is 0 Å². The molecule has 0 saturated carbocycles. The Kier molecular flexibility index (Phi) is 7.33. The van der Waals surface area contributed by atoms with Gasteiger partial charge in [-0.25, -0.2) is 0 Å². The van der Waals surface area contributed by atoms with Crippen molar-refractivity contribution in [1.82, 2.24) is 4.90 Å². The van der Waals surface area contributed by atoms with Crippen LogP contribution in [0.1, 0.15) is 32.8 Å². The molecule has 1 unspecified atom stereocenters. The second-order valence-electron chi connectivity index (χ2n) is 5.96. The zero-order valence-corrected chi connectivity index (χ0v) is 15.3. The minimum atomic E-state index is -0.00733. The van der Waals surface area contributed by atoms with Gasteiger partial charge in [0.1, 0.15) is 11.5 Å². The summed E-state index contributed by atoms with van der Waals surface area (Å²) in [4.78, 5) is 14.5. The van der Waals surface area contributed by atoms with Crippen molar-refractivity contribution in [3.63, 3.8) is 0 Å². The Morgan fingerprint density at radius 3 is 2.12 bits per heavy atom. The highest BCUT2D eigenvalue weighted by molar-refractivity contribution is 5.78. The number of nitrogens with zero attached hydrogens (tertiary/aromatic N) is 1. The molecule has 0 radical (unpaired) electrons. The molecule has 0 aromatic heterocycles. The lowest BCUT2D eigenvalue weighted by Crippen LogP contribution is -2.40. The largest absolute Gasteiger partial charge is 0.494 e. The van der Waals surface area contributed by atoms with Crippen molar-refractivity contribution >= 4 is 5.91 Å². The van der Waals surface area contributed by atoms with Crippen LogP contribution in [0.5, 0.6) is 11.5 Å². The molecule has 0 aliphatic rings. The van der Waals surface area contributed by atoms with Crippen LogP contribution in [0, 0.1) is 0 Å². The molecular weight excluding hydrogens is 314 g/mol. The molecule has 2 aromatic rings. The van der Waals surface area contributed by atoms with E-state index in [2.05, 4.69) is 13.8 Å². The van der Waals surface area contributed by atoms with Crippen LogP contribution in [0.2, 0.25) is 0 Å². The van der Waals surface area contributed by atoms with Gasteiger partial charge in [0.25, 0.3) is 5.91 Å². The molecule has 4 heteroatoms. The van der Waals surface area contributed by atoms with Crippen molar-refractivity contribution in [2.75, 3.05) is 13.2 Å². The number of carbonyl (C=O) groups is 1. The predicted octanol–water partition coefficient (Wildman–Crippen LogP) is 4.29. The number of benzene rings is 2. The molecule has 0 saturated heterocycles. The van der Waals surface area contributed by atoms with Crippen molar-refractivity contribution < 1.29 is 14.3 Å². The molecule has 2 rings (SSSR count). The van der Waals surface area contributed by atoms with Crippen LogP contribution in [0.25, 0.3) is 0 Å². The fourth-order valence-electron chi connectivity index (χ4n) is 2.52. The molecule has 0 heterocycles. The lowest BCUT2D eigenvalue weighted by Gasteiger charge is -2.28. The van der Waals surface area contributed by atoms with Crippen LogP contribution in [0.15, 0.2) is 54.6 Å². The topological polar surface area (TPSA) is 38.8 Å². The fraction of sp³-hybridized carbons (Fsp3) is 0.381. The minimum absolute atomic E-state index is 0.00733. The zero-order chi connectivity index (χ0) is 18.1. The average molecular weight is 341 g/mol. The van der Waals surface area contributed by atoms with E-state index in [1.807, 2.05) is 66.4 Å². The lowest BCUT2D eigenvalue weighted by molar-refractivity contribution is -0.136. The third-order valence-corrected chi connectivity index (χ3v) is 4.14. The maximum Gasteiger partial charge on any atom is 0.261 e. The molecule has 0 spiro atoms. The van der Waals surface area contributed by atoms with Gasteiger partial charge in [-0.3, -0.25) is 4.79 Å². The Labute approximate surface area is 150 Å². The van der Waals surface area contributed by atoms with E-state index in [-0.39, 0.29) is 18.6 Å². The molecule has 0 aliphatic heterocycles. The molecule has 4 nitrogen and oxygen atoms in total. The number of rotatable bonds is 9. The van der Waals surface area contributed by atoms with Gasteiger partial charge in [-0.2, -0.15) is 0 Å². The molecule has 2 aromatic carbocycles. The Balaban J connectivity index is 1.96. The van der Waals surface area contributed by atoms with E-state index in [0.717, 1.165) is 17.7 Å². The van der Waals surface area contributed by atoms with Crippen molar-refractivity contribution in [2.45, 2.75) is 39.8 Å². The molecule has 0 N–H and O–H groups in total. The average Bonchev–Trinajstić information content (AvgIpc) is 2.66. The van der Waals surface area contributed by atoms with Gasteiger partial charge in [0.2, 0.25) is 0 Å². The molecule has 1 amide bonds. The van der Waals surface area contributed by atoms with Gasteiger partial charge < -0.3 is 14.4 Å². The third-order valence-electron chi connectivity index (χ3n) is 4.14. The highest BCUT2D eigenvalue weighted by atomic mass is 16.5. The molecule has 0 bridgehead atoms. The second kappa shape index (κ2) is 9.72. The summed E-state index contributed by atoms with van der Waals surface area (Å²) in [7, 11) is 0. The van der Waals surface area contributed by atoms with Gasteiger partial charge in [-0.1, -0.05) is 37.3 Å². The maximum atomic E-state index is 12.7. The van der Waals surface area contributed by atoms with Gasteiger partial charge in [0.05, 0.1) is 6.61 Å². The summed E-state index contributed by atoms with van der Waals surface area (Å²) in [5, 5.41) is 0. The van der Waals surface area contributed by atoms with E-state index in [9.17, 15) is 4.79 Å². The first-order valence-electron chi connectivity index (χ1n) is 8.83. The van der Waals surface area contributed by atoms with E-state index in [1.165, 1.54) is 0 Å². The first kappa shape index (κ1) is 18.8. The van der Waals surface area contributed by atoms with E-state index in [4.69, 9.17) is 9.47 Å². The Bertz CT molecular complexity index is 640. The Hall–Kier alpha value is -2.49. The molecule has 134 valence electrons. The van der Waals surface area contributed by atoms with E-state index >= 15 is 0 Å². The van der Waals surface area contributed by atoms with Crippen molar-refractivity contribution in [3.8, 4) is 11.5 Å². The Morgan fingerprint density at radius 1 is 0.960 bits per heavy atom. The minimum Gasteiger partial charge on any atom is -0.494 e. The standard InChI is InChI=1S/C21H27NO3/c1-4-17(3)22(15-18-9-7-6-8-10-18)21(23)16-25-20-13-11-19(12-14-20)24-5-2/h6-14,17H,4-5,15-16H2,1-3H3. The van der Waals surface area contributed by atoms with Crippen LogP contribution in [0.3, 0.4) is 0 Å². The van der Waals surface area contributed by atoms with Crippen LogP contribution in [-0.2, 0) is 11.3 Å². The Morgan fingerprint density at radius 2 is 1.56 bits per heavy atom. The van der Waals surface area contributed by atoms with Gasteiger partial charge >= 0.3 is 0 Å². The first-order valence-corrected chi connectivity index (χ1v) is 8.83. The summed E-state index contributed by atoms with van der Waals surface area (Å²) in [5.74, 6) is 1.46. The monoisotopic (exact) mass is 341 g/mol. The number of hydrogen-bond donors (Lipinski definition) is 0. The quantitative estimate of drug-likeness (QED) is 0.683. The van der Waals surface area contributed by atoms with Crippen molar-refractivity contribution in [3.05, 3.63) is 60.2 Å².